The molecule has 0 bridgehead atoms. The molecule has 2 saturated heterocycles. The number of nitrogens with zero attached hydrogens (tertiary/aromatic N) is 2. The minimum absolute atomic E-state index is 0.128. The number of amides is 4. The lowest BCUT2D eigenvalue weighted by atomic mass is 9.84. The molecule has 8 nitrogen and oxygen atoms in total. The van der Waals surface area contributed by atoms with Crippen LogP contribution < -0.4 is 15.0 Å². The number of hydrogen-bond donors (Lipinski definition) is 2. The number of benzene rings is 2. The third-order valence-corrected chi connectivity index (χ3v) is 6.31. The van der Waals surface area contributed by atoms with Crippen LogP contribution in [0, 0.1) is 0 Å². The molecule has 0 unspecified atom stereocenters. The first-order valence-electron chi connectivity index (χ1n) is 10.4. The fourth-order valence-corrected chi connectivity index (χ4v) is 4.25. The van der Waals surface area contributed by atoms with E-state index in [0.717, 1.165) is 10.5 Å². The molecule has 4 amide bonds. The van der Waals surface area contributed by atoms with E-state index in [1.165, 1.54) is 7.11 Å². The number of carbonyl (C=O) groups is 3. The largest absolute Gasteiger partial charge is 0.497 e. The van der Waals surface area contributed by atoms with Gasteiger partial charge in [-0.05, 0) is 54.8 Å². The van der Waals surface area contributed by atoms with Gasteiger partial charge in [0, 0.05) is 18.1 Å². The SMILES string of the molecule is COc1ccc(N2C(=O)N[C@@H](CC(=O)N3CCC(O)(c4ccc(Cl)cc4)CC3)C2=O)cc1. The Morgan fingerprint density at radius 1 is 1.12 bits per heavy atom. The summed E-state index contributed by atoms with van der Waals surface area (Å²) in [5, 5.41) is 14.2. The highest BCUT2D eigenvalue weighted by atomic mass is 35.5. The van der Waals surface area contributed by atoms with E-state index in [4.69, 9.17) is 16.3 Å². The molecule has 0 spiro atoms. The number of imide groups is 1. The van der Waals surface area contributed by atoms with Crippen LogP contribution in [-0.2, 0) is 15.2 Å². The first-order valence-corrected chi connectivity index (χ1v) is 10.7. The molecular weight excluding hydrogens is 434 g/mol. The van der Waals surface area contributed by atoms with Gasteiger partial charge in [0.1, 0.15) is 11.8 Å². The normalized spacial score (nSPS) is 20.3. The maximum Gasteiger partial charge on any atom is 0.329 e. The molecule has 2 heterocycles. The van der Waals surface area contributed by atoms with E-state index in [1.54, 1.807) is 53.4 Å². The number of hydrogen-bond acceptors (Lipinski definition) is 5. The molecule has 0 aromatic heterocycles. The van der Waals surface area contributed by atoms with Crippen molar-refractivity contribution in [1.82, 2.24) is 10.2 Å². The summed E-state index contributed by atoms with van der Waals surface area (Å²) >= 11 is 5.93. The zero-order valence-corrected chi connectivity index (χ0v) is 18.3. The second kappa shape index (κ2) is 8.80. The third kappa shape index (κ3) is 4.28. The number of methoxy groups -OCH3 is 1. The second-order valence-corrected chi connectivity index (χ2v) is 8.43. The monoisotopic (exact) mass is 457 g/mol. The van der Waals surface area contributed by atoms with Gasteiger partial charge in [0.05, 0.1) is 24.8 Å². The molecule has 2 aliphatic heterocycles. The Balaban J connectivity index is 1.36. The molecule has 2 aromatic carbocycles. The number of urea groups is 1. The molecule has 0 aliphatic carbocycles. The van der Waals surface area contributed by atoms with Crippen LogP contribution in [0.2, 0.25) is 5.02 Å². The van der Waals surface area contributed by atoms with Gasteiger partial charge >= 0.3 is 6.03 Å². The lowest BCUT2D eigenvalue weighted by Gasteiger charge is -2.38. The van der Waals surface area contributed by atoms with Crippen molar-refractivity contribution in [2.45, 2.75) is 30.9 Å². The van der Waals surface area contributed by atoms with Crippen LogP contribution in [0.15, 0.2) is 48.5 Å². The summed E-state index contributed by atoms with van der Waals surface area (Å²) in [4.78, 5) is 40.6. The van der Waals surface area contributed by atoms with Gasteiger partial charge in [-0.1, -0.05) is 23.7 Å². The summed E-state index contributed by atoms with van der Waals surface area (Å²) in [6, 6.07) is 12.1. The van der Waals surface area contributed by atoms with Crippen molar-refractivity contribution in [2.24, 2.45) is 0 Å². The van der Waals surface area contributed by atoms with Crippen molar-refractivity contribution in [3.63, 3.8) is 0 Å². The van der Waals surface area contributed by atoms with Gasteiger partial charge in [0.15, 0.2) is 0 Å². The highest BCUT2D eigenvalue weighted by molar-refractivity contribution is 6.30. The molecular formula is C23H24ClN3O5. The standard InChI is InChI=1S/C23H24ClN3O5/c1-32-18-8-6-17(7-9-18)27-21(29)19(25-22(27)30)14-20(28)26-12-10-23(31,11-13-26)15-2-4-16(24)5-3-15/h2-9,19,31H,10-14H2,1H3,(H,25,30)/t19-/m0/s1. The number of aliphatic hydroxyl groups is 1. The number of anilines is 1. The predicted molar refractivity (Wildman–Crippen MR) is 119 cm³/mol. The Bertz CT molecular complexity index is 1020. The molecule has 2 N–H and O–H groups in total. The Kier molecular flexibility index (Phi) is 6.08. The van der Waals surface area contributed by atoms with E-state index in [2.05, 4.69) is 5.32 Å². The molecule has 1 atom stereocenters. The van der Waals surface area contributed by atoms with Crippen LogP contribution in [0.4, 0.5) is 10.5 Å². The maximum absolute atomic E-state index is 12.8. The van der Waals surface area contributed by atoms with E-state index in [0.29, 0.717) is 42.4 Å². The van der Waals surface area contributed by atoms with E-state index in [9.17, 15) is 19.5 Å². The van der Waals surface area contributed by atoms with Crippen LogP contribution in [0.3, 0.4) is 0 Å². The summed E-state index contributed by atoms with van der Waals surface area (Å²) in [5.74, 6) is -0.0993. The molecule has 2 aliphatic rings. The summed E-state index contributed by atoms with van der Waals surface area (Å²) in [6.07, 6.45) is 0.628. The van der Waals surface area contributed by atoms with Crippen LogP contribution in [-0.4, -0.2) is 54.1 Å². The Morgan fingerprint density at radius 2 is 1.75 bits per heavy atom. The number of rotatable bonds is 5. The topological polar surface area (TPSA) is 99.2 Å². The summed E-state index contributed by atoms with van der Waals surface area (Å²) < 4.78 is 5.10. The van der Waals surface area contributed by atoms with Gasteiger partial charge in [0.25, 0.3) is 5.91 Å². The molecule has 168 valence electrons. The lowest BCUT2D eigenvalue weighted by molar-refractivity contribution is -0.137. The number of halogens is 1. The van der Waals surface area contributed by atoms with Gasteiger partial charge in [0.2, 0.25) is 5.91 Å². The first kappa shape index (κ1) is 22.1. The highest BCUT2D eigenvalue weighted by Crippen LogP contribution is 2.34. The fourth-order valence-electron chi connectivity index (χ4n) is 4.12. The predicted octanol–water partition coefficient (Wildman–Crippen LogP) is 2.67. The summed E-state index contributed by atoms with van der Waals surface area (Å²) in [5.41, 5.74) is 0.154. The first-order chi connectivity index (χ1) is 15.3. The Labute approximate surface area is 190 Å². The van der Waals surface area contributed by atoms with Crippen molar-refractivity contribution in [1.29, 1.82) is 0 Å². The van der Waals surface area contributed by atoms with Crippen molar-refractivity contribution in [2.75, 3.05) is 25.1 Å². The van der Waals surface area contributed by atoms with Gasteiger partial charge in [-0.15, -0.1) is 0 Å². The lowest BCUT2D eigenvalue weighted by Crippen LogP contribution is -2.47. The second-order valence-electron chi connectivity index (χ2n) is 8.00. The number of ether oxygens (including phenoxy) is 1. The number of piperidine rings is 1. The maximum atomic E-state index is 12.8. The van der Waals surface area contributed by atoms with E-state index < -0.39 is 23.6 Å². The molecule has 2 aromatic rings. The van der Waals surface area contributed by atoms with Gasteiger partial charge in [-0.2, -0.15) is 0 Å². The molecule has 2 fully saturated rings. The van der Waals surface area contributed by atoms with Crippen molar-refractivity contribution < 1.29 is 24.2 Å². The van der Waals surface area contributed by atoms with Crippen molar-refractivity contribution in [3.05, 3.63) is 59.1 Å². The van der Waals surface area contributed by atoms with Gasteiger partial charge < -0.3 is 20.1 Å². The Morgan fingerprint density at radius 3 is 2.34 bits per heavy atom. The average Bonchev–Trinajstić information content (AvgIpc) is 3.07. The minimum atomic E-state index is -1.02. The van der Waals surface area contributed by atoms with Crippen LogP contribution in [0.5, 0.6) is 5.75 Å². The highest BCUT2D eigenvalue weighted by Gasteiger charge is 2.42. The average molecular weight is 458 g/mol. The zero-order chi connectivity index (χ0) is 22.9. The smallest absolute Gasteiger partial charge is 0.329 e. The van der Waals surface area contributed by atoms with Crippen LogP contribution in [0.1, 0.15) is 24.8 Å². The fraction of sp³-hybridized carbons (Fsp3) is 0.348. The molecule has 0 radical (unpaired) electrons. The summed E-state index contributed by atoms with van der Waals surface area (Å²) in [7, 11) is 1.53. The van der Waals surface area contributed by atoms with Crippen molar-refractivity contribution >= 4 is 35.1 Å². The van der Waals surface area contributed by atoms with Crippen molar-refractivity contribution in [3.8, 4) is 5.75 Å². The van der Waals surface area contributed by atoms with E-state index in [1.807, 2.05) is 0 Å². The molecule has 4 rings (SSSR count). The molecule has 9 heteroatoms. The number of likely N-dealkylation sites (tertiary alicyclic amines) is 1. The minimum Gasteiger partial charge on any atom is -0.497 e. The van der Waals surface area contributed by atoms with Crippen LogP contribution >= 0.6 is 11.6 Å². The van der Waals surface area contributed by atoms with E-state index in [-0.39, 0.29) is 12.3 Å². The Hall–Kier alpha value is -3.10. The number of nitrogens with one attached hydrogen (secondary N) is 1. The zero-order valence-electron chi connectivity index (χ0n) is 17.6. The third-order valence-electron chi connectivity index (χ3n) is 6.05. The van der Waals surface area contributed by atoms with Gasteiger partial charge in [-0.3, -0.25) is 9.59 Å². The van der Waals surface area contributed by atoms with Crippen LogP contribution in [0.25, 0.3) is 0 Å². The van der Waals surface area contributed by atoms with Gasteiger partial charge in [-0.25, -0.2) is 9.69 Å². The van der Waals surface area contributed by atoms with E-state index >= 15 is 0 Å². The quantitative estimate of drug-likeness (QED) is 0.672. The number of carbonyl (C=O) groups excluding carboxylic acids is 3. The molecule has 32 heavy (non-hydrogen) atoms. The molecule has 0 saturated carbocycles. The summed E-state index contributed by atoms with van der Waals surface area (Å²) in [6.45, 7) is 0.712.